The van der Waals surface area contributed by atoms with Gasteiger partial charge in [0.05, 0.1) is 0 Å². The van der Waals surface area contributed by atoms with Gasteiger partial charge in [-0.15, -0.1) is 0 Å². The summed E-state index contributed by atoms with van der Waals surface area (Å²) in [6, 6.07) is 4.29. The molecule has 3 N–H and O–H groups in total. The molecule has 1 rings (SSSR count). The van der Waals surface area contributed by atoms with Crippen molar-refractivity contribution in [3.63, 3.8) is 0 Å². The molecule has 3 nitrogen and oxygen atoms in total. The van der Waals surface area contributed by atoms with Crippen LogP contribution in [0.4, 0.5) is 0 Å². The van der Waals surface area contributed by atoms with E-state index in [2.05, 4.69) is 0 Å². The lowest BCUT2D eigenvalue weighted by molar-refractivity contribution is 0.112. The minimum absolute atomic E-state index is 0.132. The SMILES string of the molecule is CC(N)c1cc(O)ccc1C=O. The van der Waals surface area contributed by atoms with E-state index >= 15 is 0 Å². The largest absolute Gasteiger partial charge is 0.508 e. The predicted molar refractivity (Wildman–Crippen MR) is 46.1 cm³/mol. The fraction of sp³-hybridized carbons (Fsp3) is 0.222. The molecule has 0 spiro atoms. The van der Waals surface area contributed by atoms with Crippen molar-refractivity contribution >= 4 is 6.29 Å². The third-order valence-electron chi connectivity index (χ3n) is 1.69. The first-order valence-electron chi connectivity index (χ1n) is 3.69. The third-order valence-corrected chi connectivity index (χ3v) is 1.69. The highest BCUT2D eigenvalue weighted by atomic mass is 16.3. The lowest BCUT2D eigenvalue weighted by Gasteiger charge is -2.08. The summed E-state index contributed by atoms with van der Waals surface area (Å²) in [6.45, 7) is 1.77. The first-order valence-corrected chi connectivity index (χ1v) is 3.69. The molecule has 0 saturated heterocycles. The van der Waals surface area contributed by atoms with E-state index < -0.39 is 0 Å². The zero-order valence-corrected chi connectivity index (χ0v) is 6.82. The highest BCUT2D eigenvalue weighted by molar-refractivity contribution is 5.78. The summed E-state index contributed by atoms with van der Waals surface area (Å²) >= 11 is 0. The van der Waals surface area contributed by atoms with Gasteiger partial charge in [-0.3, -0.25) is 4.79 Å². The minimum atomic E-state index is -0.239. The van der Waals surface area contributed by atoms with Crippen molar-refractivity contribution in [1.29, 1.82) is 0 Å². The average Bonchev–Trinajstić information content (AvgIpc) is 2.04. The van der Waals surface area contributed by atoms with Gasteiger partial charge in [-0.05, 0) is 30.7 Å². The first kappa shape index (κ1) is 8.74. The molecule has 1 unspecified atom stereocenters. The Bertz CT molecular complexity index is 295. The third kappa shape index (κ3) is 1.62. The number of carbonyl (C=O) groups excluding carboxylic acids is 1. The molecule has 0 heterocycles. The number of rotatable bonds is 2. The smallest absolute Gasteiger partial charge is 0.150 e. The van der Waals surface area contributed by atoms with Gasteiger partial charge >= 0.3 is 0 Å². The van der Waals surface area contributed by atoms with Gasteiger partial charge in [0.25, 0.3) is 0 Å². The molecular weight excluding hydrogens is 154 g/mol. The summed E-state index contributed by atoms with van der Waals surface area (Å²) in [4.78, 5) is 10.5. The highest BCUT2D eigenvalue weighted by Gasteiger charge is 2.06. The van der Waals surface area contributed by atoms with Gasteiger partial charge in [-0.1, -0.05) is 0 Å². The Hall–Kier alpha value is -1.35. The van der Waals surface area contributed by atoms with Gasteiger partial charge < -0.3 is 10.8 Å². The molecule has 1 aromatic rings. The van der Waals surface area contributed by atoms with Crippen LogP contribution in [-0.4, -0.2) is 11.4 Å². The van der Waals surface area contributed by atoms with E-state index in [9.17, 15) is 4.79 Å². The van der Waals surface area contributed by atoms with Gasteiger partial charge in [0, 0.05) is 11.6 Å². The Morgan fingerprint density at radius 2 is 2.25 bits per heavy atom. The number of phenolic OH excluding ortho intramolecular Hbond substituents is 1. The second-order valence-electron chi connectivity index (χ2n) is 2.72. The van der Waals surface area contributed by atoms with E-state index in [1.807, 2.05) is 0 Å². The van der Waals surface area contributed by atoms with Crippen LogP contribution in [0.25, 0.3) is 0 Å². The van der Waals surface area contributed by atoms with Crippen molar-refractivity contribution in [3.8, 4) is 5.75 Å². The Kier molecular flexibility index (Phi) is 2.45. The standard InChI is InChI=1S/C9H11NO2/c1-6(10)9-4-8(12)3-2-7(9)5-11/h2-6,12H,10H2,1H3. The van der Waals surface area contributed by atoms with E-state index in [4.69, 9.17) is 10.8 Å². The van der Waals surface area contributed by atoms with Crippen LogP contribution in [-0.2, 0) is 0 Å². The average molecular weight is 165 g/mol. The molecule has 0 aliphatic rings. The fourth-order valence-corrected chi connectivity index (χ4v) is 1.06. The molecule has 1 atom stereocenters. The topological polar surface area (TPSA) is 63.3 Å². The van der Waals surface area contributed by atoms with Crippen molar-refractivity contribution < 1.29 is 9.90 Å². The van der Waals surface area contributed by atoms with Gasteiger partial charge in [0.1, 0.15) is 12.0 Å². The Morgan fingerprint density at radius 1 is 1.58 bits per heavy atom. The van der Waals surface area contributed by atoms with Crippen molar-refractivity contribution in [3.05, 3.63) is 29.3 Å². The second-order valence-corrected chi connectivity index (χ2v) is 2.72. The maximum Gasteiger partial charge on any atom is 0.150 e. The van der Waals surface area contributed by atoms with Crippen LogP contribution in [0.5, 0.6) is 5.75 Å². The van der Waals surface area contributed by atoms with Crippen LogP contribution < -0.4 is 5.73 Å². The van der Waals surface area contributed by atoms with Gasteiger partial charge in [0.2, 0.25) is 0 Å². The number of aldehydes is 1. The summed E-state index contributed by atoms with van der Waals surface area (Å²) in [6.07, 6.45) is 0.734. The molecule has 64 valence electrons. The molecule has 1 aromatic carbocycles. The molecular formula is C9H11NO2. The molecule has 3 heteroatoms. The van der Waals surface area contributed by atoms with Crippen molar-refractivity contribution in [1.82, 2.24) is 0 Å². The Morgan fingerprint density at radius 3 is 2.75 bits per heavy atom. The van der Waals surface area contributed by atoms with Crippen molar-refractivity contribution in [2.75, 3.05) is 0 Å². The summed E-state index contributed by atoms with van der Waals surface area (Å²) in [5.74, 6) is 0.132. The Balaban J connectivity index is 3.21. The zero-order valence-electron chi connectivity index (χ0n) is 6.82. The maximum absolute atomic E-state index is 10.5. The van der Waals surface area contributed by atoms with Crippen LogP contribution in [0.15, 0.2) is 18.2 Å². The van der Waals surface area contributed by atoms with Crippen LogP contribution in [0.3, 0.4) is 0 Å². The summed E-state index contributed by atoms with van der Waals surface area (Å²) < 4.78 is 0. The molecule has 0 aromatic heterocycles. The van der Waals surface area contributed by atoms with Crippen LogP contribution in [0, 0.1) is 0 Å². The lowest BCUT2D eigenvalue weighted by Crippen LogP contribution is -2.07. The molecule has 12 heavy (non-hydrogen) atoms. The highest BCUT2D eigenvalue weighted by Crippen LogP contribution is 2.19. The second kappa shape index (κ2) is 3.36. The van der Waals surface area contributed by atoms with Crippen molar-refractivity contribution in [2.24, 2.45) is 5.73 Å². The van der Waals surface area contributed by atoms with Crippen molar-refractivity contribution in [2.45, 2.75) is 13.0 Å². The normalized spacial score (nSPS) is 12.5. The number of hydrogen-bond donors (Lipinski definition) is 2. The molecule has 0 bridgehead atoms. The molecule has 0 radical (unpaired) electrons. The number of phenols is 1. The minimum Gasteiger partial charge on any atom is -0.508 e. The van der Waals surface area contributed by atoms with E-state index in [1.54, 1.807) is 13.0 Å². The molecule has 0 amide bonds. The van der Waals surface area contributed by atoms with Crippen LogP contribution >= 0.6 is 0 Å². The van der Waals surface area contributed by atoms with Gasteiger partial charge in [-0.2, -0.15) is 0 Å². The van der Waals surface area contributed by atoms with Gasteiger partial charge in [-0.25, -0.2) is 0 Å². The number of benzene rings is 1. The predicted octanol–water partition coefficient (Wildman–Crippen LogP) is 1.22. The van der Waals surface area contributed by atoms with E-state index in [-0.39, 0.29) is 11.8 Å². The van der Waals surface area contributed by atoms with Crippen LogP contribution in [0.1, 0.15) is 28.9 Å². The zero-order chi connectivity index (χ0) is 9.14. The molecule has 0 aliphatic heterocycles. The number of aromatic hydroxyl groups is 1. The fourth-order valence-electron chi connectivity index (χ4n) is 1.06. The van der Waals surface area contributed by atoms with E-state index in [0.29, 0.717) is 11.1 Å². The number of hydrogen-bond acceptors (Lipinski definition) is 3. The molecule has 0 saturated carbocycles. The molecule has 0 fully saturated rings. The van der Waals surface area contributed by atoms with E-state index in [0.717, 1.165) is 6.29 Å². The molecule has 0 aliphatic carbocycles. The monoisotopic (exact) mass is 165 g/mol. The number of nitrogens with two attached hydrogens (primary N) is 1. The van der Waals surface area contributed by atoms with E-state index in [1.165, 1.54) is 12.1 Å². The maximum atomic E-state index is 10.5. The summed E-state index contributed by atoms with van der Waals surface area (Å²) in [5.41, 5.74) is 6.79. The van der Waals surface area contributed by atoms with Crippen LogP contribution in [0.2, 0.25) is 0 Å². The van der Waals surface area contributed by atoms with Gasteiger partial charge in [0.15, 0.2) is 0 Å². The summed E-state index contributed by atoms with van der Waals surface area (Å²) in [5, 5.41) is 9.11. The summed E-state index contributed by atoms with van der Waals surface area (Å²) in [7, 11) is 0. The number of carbonyl (C=O) groups is 1. The first-order chi connectivity index (χ1) is 5.65. The quantitative estimate of drug-likeness (QED) is 0.648. The Labute approximate surface area is 70.8 Å². The lowest BCUT2D eigenvalue weighted by atomic mass is 10.0.